The van der Waals surface area contributed by atoms with Crippen molar-refractivity contribution in [3.8, 4) is 55.6 Å². The van der Waals surface area contributed by atoms with E-state index in [2.05, 4.69) is 209 Å². The lowest BCUT2D eigenvalue weighted by atomic mass is 9.43. The Bertz CT molecular complexity index is 3280. The highest BCUT2D eigenvalue weighted by atomic mass is 15.1. The van der Waals surface area contributed by atoms with E-state index in [1.165, 1.54) is 121 Å². The van der Waals surface area contributed by atoms with Crippen LogP contribution in [0.4, 0.5) is 17.1 Å². The Hall–Kier alpha value is -6.44. The molecular weight excluding hydrogens is 783 g/mol. The molecule has 8 aromatic carbocycles. The van der Waals surface area contributed by atoms with Crippen LogP contribution in [0.1, 0.15) is 93.2 Å². The van der Waals surface area contributed by atoms with Crippen molar-refractivity contribution in [1.29, 1.82) is 0 Å². The lowest BCUT2D eigenvalue weighted by Crippen LogP contribution is -2.55. The van der Waals surface area contributed by atoms with E-state index in [0.29, 0.717) is 0 Å². The van der Waals surface area contributed by atoms with Gasteiger partial charge in [-0.15, -0.1) is 0 Å². The molecule has 0 aromatic heterocycles. The zero-order chi connectivity index (χ0) is 43.4. The number of nitrogens with zero attached hydrogens (tertiary/aromatic N) is 1. The van der Waals surface area contributed by atoms with Gasteiger partial charge >= 0.3 is 0 Å². The number of para-hydroxylation sites is 1. The van der Waals surface area contributed by atoms with Gasteiger partial charge in [0.15, 0.2) is 0 Å². The first-order chi connectivity index (χ1) is 31.7. The third-order valence-electron chi connectivity index (χ3n) is 17.9. The van der Waals surface area contributed by atoms with Crippen molar-refractivity contribution in [3.63, 3.8) is 0 Å². The number of hydrogen-bond acceptors (Lipinski definition) is 1. The fourth-order valence-corrected chi connectivity index (χ4v) is 15.3. The van der Waals surface area contributed by atoms with Gasteiger partial charge in [0.05, 0.1) is 5.69 Å². The van der Waals surface area contributed by atoms with Gasteiger partial charge < -0.3 is 4.90 Å². The van der Waals surface area contributed by atoms with Gasteiger partial charge in [-0.05, 0) is 176 Å². The number of rotatable bonds is 5. The predicted octanol–water partition coefficient (Wildman–Crippen LogP) is 16.8. The minimum Gasteiger partial charge on any atom is -0.310 e. The largest absolute Gasteiger partial charge is 0.310 e. The summed E-state index contributed by atoms with van der Waals surface area (Å²) < 4.78 is 0. The quantitative estimate of drug-likeness (QED) is 0.167. The van der Waals surface area contributed by atoms with Crippen LogP contribution in [0.2, 0.25) is 0 Å². The molecule has 0 saturated heterocycles. The van der Waals surface area contributed by atoms with Crippen molar-refractivity contribution in [2.45, 2.75) is 76.0 Å². The molecule has 316 valence electrons. The Balaban J connectivity index is 0.970. The monoisotopic (exact) mass is 837 g/mol. The van der Waals surface area contributed by atoms with E-state index in [1.807, 2.05) is 0 Å². The zero-order valence-corrected chi connectivity index (χ0v) is 38.0. The van der Waals surface area contributed by atoms with Crippen LogP contribution in [0.15, 0.2) is 176 Å². The molecular formula is C64H55N. The molecule has 8 aromatic rings. The van der Waals surface area contributed by atoms with Crippen molar-refractivity contribution in [2.24, 2.45) is 23.7 Å². The van der Waals surface area contributed by atoms with Crippen LogP contribution in [0.3, 0.4) is 0 Å². The summed E-state index contributed by atoms with van der Waals surface area (Å²) in [5.41, 5.74) is 25.8. The molecule has 1 nitrogen and oxygen atoms in total. The Morgan fingerprint density at radius 2 is 0.877 bits per heavy atom. The van der Waals surface area contributed by atoms with Crippen LogP contribution in [0.5, 0.6) is 0 Å². The van der Waals surface area contributed by atoms with Gasteiger partial charge in [-0.3, -0.25) is 0 Å². The Morgan fingerprint density at radius 3 is 1.62 bits per heavy atom. The summed E-state index contributed by atoms with van der Waals surface area (Å²) in [7, 11) is 0. The molecule has 0 atom stereocenters. The lowest BCUT2D eigenvalue weighted by Gasteiger charge is -2.61. The molecule has 0 amide bonds. The van der Waals surface area contributed by atoms with Crippen LogP contribution < -0.4 is 4.90 Å². The van der Waals surface area contributed by atoms with E-state index in [9.17, 15) is 0 Å². The molecule has 0 unspecified atom stereocenters. The molecule has 0 radical (unpaired) electrons. The Morgan fingerprint density at radius 1 is 0.354 bits per heavy atom. The summed E-state index contributed by atoms with van der Waals surface area (Å²) in [5, 5.41) is 0. The van der Waals surface area contributed by atoms with Crippen LogP contribution in [-0.4, -0.2) is 0 Å². The standard InChI is InChI=1S/C64H55N/c1-62(2)55-23-10-6-18-48(55)53-37-42(27-30-56(53)62)41-15-13-16-45(36-41)65(46-28-29-49-47-17-5-9-22-54(47)63(3,4)59(49)38-46)60-26-12-8-19-50(60)51-21-14-25-58-61(51)52-20-7-11-24-57(52)64(58)43-32-39-31-40(34-43)35-44(64)33-39/h5-30,36-40,43-44H,31-35H2,1-4H3. The molecule has 0 heterocycles. The van der Waals surface area contributed by atoms with Gasteiger partial charge in [0.2, 0.25) is 0 Å². The number of fused-ring (bicyclic) bond motifs is 9. The maximum Gasteiger partial charge on any atom is 0.0540 e. The number of benzene rings is 8. The fraction of sp³-hybridized carbons (Fsp3) is 0.250. The second-order valence-corrected chi connectivity index (χ2v) is 21.7. The minimum absolute atomic E-state index is 0.0261. The third kappa shape index (κ3) is 5.05. The number of anilines is 3. The molecule has 0 N–H and O–H groups in total. The molecule has 4 bridgehead atoms. The van der Waals surface area contributed by atoms with Gasteiger partial charge in [-0.2, -0.15) is 0 Å². The highest BCUT2D eigenvalue weighted by molar-refractivity contribution is 5.99. The molecule has 65 heavy (non-hydrogen) atoms. The zero-order valence-electron chi connectivity index (χ0n) is 38.0. The average Bonchev–Trinajstić information content (AvgIpc) is 3.85. The molecule has 1 heteroatoms. The summed E-state index contributed by atoms with van der Waals surface area (Å²) in [6.07, 6.45) is 7.02. The van der Waals surface area contributed by atoms with Gasteiger partial charge in [-0.1, -0.05) is 167 Å². The van der Waals surface area contributed by atoms with E-state index in [1.54, 1.807) is 11.1 Å². The minimum atomic E-state index is -0.125. The molecule has 4 saturated carbocycles. The molecule has 1 spiro atoms. The molecule has 0 aliphatic heterocycles. The highest BCUT2D eigenvalue weighted by Gasteiger charge is 2.61. The van der Waals surface area contributed by atoms with Crippen molar-refractivity contribution in [2.75, 3.05) is 4.90 Å². The maximum absolute atomic E-state index is 2.57. The van der Waals surface area contributed by atoms with Crippen LogP contribution >= 0.6 is 0 Å². The normalized spacial score (nSPS) is 23.7. The van der Waals surface area contributed by atoms with E-state index in [-0.39, 0.29) is 16.2 Å². The summed E-state index contributed by atoms with van der Waals surface area (Å²) in [6, 6.07) is 68.1. The van der Waals surface area contributed by atoms with E-state index < -0.39 is 0 Å². The van der Waals surface area contributed by atoms with Gasteiger partial charge in [0.25, 0.3) is 0 Å². The second kappa shape index (κ2) is 13.3. The van der Waals surface area contributed by atoms with Crippen molar-refractivity contribution < 1.29 is 0 Å². The highest BCUT2D eigenvalue weighted by Crippen LogP contribution is 2.70. The van der Waals surface area contributed by atoms with Crippen LogP contribution in [-0.2, 0) is 16.2 Å². The first-order valence-corrected chi connectivity index (χ1v) is 24.4. The van der Waals surface area contributed by atoms with E-state index in [0.717, 1.165) is 29.4 Å². The maximum atomic E-state index is 2.57. The van der Waals surface area contributed by atoms with Crippen molar-refractivity contribution in [1.82, 2.24) is 0 Å². The molecule has 4 fully saturated rings. The van der Waals surface area contributed by atoms with Crippen LogP contribution in [0.25, 0.3) is 55.6 Å². The van der Waals surface area contributed by atoms with Crippen molar-refractivity contribution in [3.05, 3.63) is 209 Å². The Labute approximate surface area is 384 Å². The fourth-order valence-electron chi connectivity index (χ4n) is 15.3. The average molecular weight is 838 g/mol. The lowest BCUT2D eigenvalue weighted by molar-refractivity contribution is -0.0399. The predicted molar refractivity (Wildman–Crippen MR) is 270 cm³/mol. The van der Waals surface area contributed by atoms with E-state index in [4.69, 9.17) is 0 Å². The summed E-state index contributed by atoms with van der Waals surface area (Å²) >= 11 is 0. The first-order valence-electron chi connectivity index (χ1n) is 24.4. The third-order valence-corrected chi connectivity index (χ3v) is 17.9. The summed E-state index contributed by atoms with van der Waals surface area (Å²) in [4.78, 5) is 2.57. The molecule has 7 aliphatic carbocycles. The number of hydrogen-bond donors (Lipinski definition) is 0. The Kier molecular flexibility index (Phi) is 7.77. The van der Waals surface area contributed by atoms with E-state index >= 15 is 0 Å². The molecule has 15 rings (SSSR count). The van der Waals surface area contributed by atoms with Gasteiger partial charge in [0.1, 0.15) is 0 Å². The topological polar surface area (TPSA) is 3.24 Å². The van der Waals surface area contributed by atoms with Gasteiger partial charge in [0, 0.05) is 33.2 Å². The van der Waals surface area contributed by atoms with Gasteiger partial charge in [-0.25, -0.2) is 0 Å². The van der Waals surface area contributed by atoms with Crippen molar-refractivity contribution >= 4 is 17.1 Å². The smallest absolute Gasteiger partial charge is 0.0540 e. The second-order valence-electron chi connectivity index (χ2n) is 21.7. The first kappa shape index (κ1) is 37.9. The SMILES string of the molecule is CC1(C)c2ccccc2-c2cc(-c3cccc(N(c4ccc5c(c4)C(C)(C)c4ccccc4-5)c4ccccc4-c4cccc5c4-c4ccccc4C54C5CC6CC(C5)CC4C6)c3)ccc21. The molecule has 7 aliphatic rings. The summed E-state index contributed by atoms with van der Waals surface area (Å²) in [6.45, 7) is 9.54. The van der Waals surface area contributed by atoms with Crippen LogP contribution in [0, 0.1) is 23.7 Å². The summed E-state index contributed by atoms with van der Waals surface area (Å²) in [5.74, 6) is 3.28.